The highest BCUT2D eigenvalue weighted by molar-refractivity contribution is 5.64. The molecule has 0 saturated heterocycles. The molecule has 5 heteroatoms. The molecule has 0 fully saturated rings. The van der Waals surface area contributed by atoms with E-state index in [0.717, 1.165) is 11.1 Å². The van der Waals surface area contributed by atoms with Crippen LogP contribution in [0, 0.1) is 53.9 Å². The summed E-state index contributed by atoms with van der Waals surface area (Å²) in [7, 11) is 0. The second kappa shape index (κ2) is 5.41. The molecule has 2 rings (SSSR count). The van der Waals surface area contributed by atoms with Crippen LogP contribution in [-0.2, 0) is 0 Å². The number of rotatable bonds is 0. The Labute approximate surface area is 120 Å². The van der Waals surface area contributed by atoms with Gasteiger partial charge < -0.3 is 8.83 Å². The SMILES string of the molecule is [C-]#[N+]/C(C#N)=c1\cc(C)/c(=c2\o/c(=C(/C)C#N)cc2C)o1. The molecule has 0 radical (unpaired) electrons. The molecule has 102 valence electrons. The van der Waals surface area contributed by atoms with Crippen LogP contribution in [-0.4, -0.2) is 0 Å². The van der Waals surface area contributed by atoms with Crippen molar-refractivity contribution >= 4 is 11.3 Å². The summed E-state index contributed by atoms with van der Waals surface area (Å²) in [5, 5.41) is 17.8. The molecule has 21 heavy (non-hydrogen) atoms. The van der Waals surface area contributed by atoms with Crippen molar-refractivity contribution in [2.24, 2.45) is 0 Å². The molecule has 0 atom stereocenters. The van der Waals surface area contributed by atoms with Gasteiger partial charge in [-0.2, -0.15) is 5.26 Å². The minimum atomic E-state index is -0.103. The summed E-state index contributed by atoms with van der Waals surface area (Å²) in [6.45, 7) is 12.3. The van der Waals surface area contributed by atoms with Crippen molar-refractivity contribution in [2.45, 2.75) is 20.8 Å². The molecule has 0 aliphatic carbocycles. The quantitative estimate of drug-likeness (QED) is 0.690. The van der Waals surface area contributed by atoms with Crippen molar-refractivity contribution in [1.82, 2.24) is 0 Å². The molecule has 0 unspecified atom stereocenters. The Kier molecular flexibility index (Phi) is 3.65. The Morgan fingerprint density at radius 1 is 1.05 bits per heavy atom. The molecule has 0 amide bonds. The number of hydrogen-bond donors (Lipinski definition) is 0. The Hall–Kier alpha value is -3.23. The lowest BCUT2D eigenvalue weighted by Crippen LogP contribution is -1.97. The number of furan rings is 2. The van der Waals surface area contributed by atoms with Crippen molar-refractivity contribution in [3.8, 4) is 12.1 Å². The minimum absolute atomic E-state index is 0.103. The van der Waals surface area contributed by atoms with Crippen molar-refractivity contribution < 1.29 is 8.83 Å². The second-order valence-electron chi connectivity index (χ2n) is 4.55. The van der Waals surface area contributed by atoms with Crippen LogP contribution >= 0.6 is 0 Å². The number of nitriles is 2. The average Bonchev–Trinajstić information content (AvgIpc) is 3.03. The summed E-state index contributed by atoms with van der Waals surface area (Å²) in [6, 6.07) is 7.23. The van der Waals surface area contributed by atoms with Gasteiger partial charge in [-0.15, -0.1) is 0 Å². The predicted molar refractivity (Wildman–Crippen MR) is 74.1 cm³/mol. The van der Waals surface area contributed by atoms with Crippen molar-refractivity contribution in [1.29, 1.82) is 10.5 Å². The van der Waals surface area contributed by atoms with Gasteiger partial charge in [-0.25, -0.2) is 10.1 Å². The second-order valence-corrected chi connectivity index (χ2v) is 4.55. The van der Waals surface area contributed by atoms with E-state index in [0.29, 0.717) is 21.8 Å². The van der Waals surface area contributed by atoms with Crippen LogP contribution in [0.15, 0.2) is 21.0 Å². The first-order valence-corrected chi connectivity index (χ1v) is 6.12. The van der Waals surface area contributed by atoms with Crippen molar-refractivity contribution in [3.05, 3.63) is 56.3 Å². The van der Waals surface area contributed by atoms with Gasteiger partial charge in [0.05, 0.1) is 24.3 Å². The fourth-order valence-corrected chi connectivity index (χ4v) is 1.91. The molecule has 0 aliphatic rings. The molecular formula is C16H11N3O2. The molecule has 2 aromatic rings. The van der Waals surface area contributed by atoms with Gasteiger partial charge in [0.25, 0.3) is 0 Å². The molecule has 5 nitrogen and oxygen atoms in total. The lowest BCUT2D eigenvalue weighted by Gasteiger charge is -1.83. The van der Waals surface area contributed by atoms with Gasteiger partial charge >= 0.3 is 5.70 Å². The van der Waals surface area contributed by atoms with E-state index in [1.807, 2.05) is 19.9 Å². The first kappa shape index (κ1) is 14.2. The Morgan fingerprint density at radius 2 is 1.57 bits per heavy atom. The maximum atomic E-state index is 8.91. The molecule has 2 aromatic heterocycles. The number of aryl methyl sites for hydroxylation is 2. The normalized spacial score (nSPS) is 14.7. The zero-order valence-corrected chi connectivity index (χ0v) is 11.8. The van der Waals surface area contributed by atoms with Crippen LogP contribution in [0.2, 0.25) is 0 Å². The molecule has 2 heterocycles. The number of nitrogens with zero attached hydrogens (tertiary/aromatic N) is 3. The van der Waals surface area contributed by atoms with E-state index < -0.39 is 0 Å². The highest BCUT2D eigenvalue weighted by atomic mass is 16.4. The molecule has 0 N–H and O–H groups in total. The van der Waals surface area contributed by atoms with Gasteiger partial charge in [0.2, 0.25) is 0 Å². The standard InChI is InChI=1S/C16H11N3O2/c1-9-5-13(11(3)7-17)20-15(9)16-10(2)6-14(21-16)12(8-18)19-4/h5-6H,1-3H3/b13-11-,14-12+,16-15+. The molecule has 0 bridgehead atoms. The first-order valence-electron chi connectivity index (χ1n) is 6.12. The maximum absolute atomic E-state index is 8.91. The van der Waals surface area contributed by atoms with Crippen LogP contribution in [0.4, 0.5) is 0 Å². The van der Waals surface area contributed by atoms with Crippen LogP contribution < -0.4 is 10.8 Å². The lowest BCUT2D eigenvalue weighted by atomic mass is 10.2. The van der Waals surface area contributed by atoms with Gasteiger partial charge in [0, 0.05) is 0 Å². The van der Waals surface area contributed by atoms with Gasteiger partial charge in [-0.3, -0.25) is 0 Å². The highest BCUT2D eigenvalue weighted by Crippen LogP contribution is 2.07. The topological polar surface area (TPSA) is 78.2 Å². The molecule has 0 aliphatic heterocycles. The number of hydrogen-bond acceptors (Lipinski definition) is 4. The first-order chi connectivity index (χ1) is 10.0. The maximum Gasteiger partial charge on any atom is 0.303 e. The van der Waals surface area contributed by atoms with Crippen LogP contribution in [0.3, 0.4) is 0 Å². The van der Waals surface area contributed by atoms with Crippen LogP contribution in [0.25, 0.3) is 16.1 Å². The lowest BCUT2D eigenvalue weighted by molar-refractivity contribution is 0.444. The largest absolute Gasteiger partial charge is 0.463 e. The third-order valence-corrected chi connectivity index (χ3v) is 3.03. The Balaban J connectivity index is 3.03. The molecule has 0 saturated carbocycles. The Morgan fingerprint density at radius 3 is 2.05 bits per heavy atom. The van der Waals surface area contributed by atoms with Crippen molar-refractivity contribution in [2.75, 3.05) is 0 Å². The van der Waals surface area contributed by atoms with Crippen LogP contribution in [0.5, 0.6) is 0 Å². The van der Waals surface area contributed by atoms with Gasteiger partial charge in [0.1, 0.15) is 10.8 Å². The molecule has 0 spiro atoms. The summed E-state index contributed by atoms with van der Waals surface area (Å²) in [5.41, 5.74) is 3.63. The van der Waals surface area contributed by atoms with Gasteiger partial charge in [-0.05, 0) is 44.0 Å². The summed E-state index contributed by atoms with van der Waals surface area (Å²) in [6.07, 6.45) is 0. The zero-order chi connectivity index (χ0) is 15.6. The summed E-state index contributed by atoms with van der Waals surface area (Å²) in [4.78, 5) is 3.13. The van der Waals surface area contributed by atoms with Gasteiger partial charge in [0.15, 0.2) is 10.8 Å². The van der Waals surface area contributed by atoms with Gasteiger partial charge in [-0.1, -0.05) is 0 Å². The smallest absolute Gasteiger partial charge is 0.303 e. The zero-order valence-electron chi connectivity index (χ0n) is 11.8. The van der Waals surface area contributed by atoms with E-state index in [2.05, 4.69) is 4.85 Å². The van der Waals surface area contributed by atoms with Crippen molar-refractivity contribution in [3.63, 3.8) is 0 Å². The third kappa shape index (κ3) is 2.43. The average molecular weight is 277 g/mol. The molecular weight excluding hydrogens is 266 g/mol. The van der Waals surface area contributed by atoms with E-state index in [-0.39, 0.29) is 11.1 Å². The summed E-state index contributed by atoms with van der Waals surface area (Å²) < 4.78 is 11.3. The summed E-state index contributed by atoms with van der Waals surface area (Å²) >= 11 is 0. The van der Waals surface area contributed by atoms with E-state index in [4.69, 9.17) is 25.9 Å². The van der Waals surface area contributed by atoms with Crippen LogP contribution in [0.1, 0.15) is 18.1 Å². The van der Waals surface area contributed by atoms with E-state index >= 15 is 0 Å². The fraction of sp³-hybridized carbons (Fsp3) is 0.188. The molecule has 0 aromatic carbocycles. The summed E-state index contributed by atoms with van der Waals surface area (Å²) in [5.74, 6) is 0. The monoisotopic (exact) mass is 277 g/mol. The fourth-order valence-electron chi connectivity index (χ4n) is 1.91. The Bertz CT molecular complexity index is 1030. The predicted octanol–water partition coefficient (Wildman–Crippen LogP) is 2.02. The third-order valence-electron chi connectivity index (χ3n) is 3.03. The van der Waals surface area contributed by atoms with E-state index in [1.165, 1.54) is 0 Å². The minimum Gasteiger partial charge on any atom is -0.463 e. The van der Waals surface area contributed by atoms with E-state index in [9.17, 15) is 0 Å². The van der Waals surface area contributed by atoms with E-state index in [1.54, 1.807) is 25.1 Å². The highest BCUT2D eigenvalue weighted by Gasteiger charge is 2.06.